The molecule has 1 aliphatic rings. The monoisotopic (exact) mass is 287 g/mol. The van der Waals surface area contributed by atoms with E-state index in [1.807, 2.05) is 26.0 Å². The first-order valence-electron chi connectivity index (χ1n) is 6.84. The van der Waals surface area contributed by atoms with Crippen LogP contribution in [0.1, 0.15) is 17.4 Å². The van der Waals surface area contributed by atoms with Gasteiger partial charge in [-0.15, -0.1) is 5.10 Å². The summed E-state index contributed by atoms with van der Waals surface area (Å²) in [6.45, 7) is 4.70. The van der Waals surface area contributed by atoms with Crippen LogP contribution in [0.5, 0.6) is 0 Å². The smallest absolute Gasteiger partial charge is 0.267 e. The maximum Gasteiger partial charge on any atom is 0.267 e. The molecular formula is C14H17N5O2. The Morgan fingerprint density at radius 3 is 2.71 bits per heavy atom. The van der Waals surface area contributed by atoms with Gasteiger partial charge in [0.2, 0.25) is 0 Å². The molecule has 2 unspecified atom stereocenters. The highest BCUT2D eigenvalue weighted by molar-refractivity contribution is 5.35. The number of aryl methyl sites for hydroxylation is 2. The molecule has 0 aromatic carbocycles. The zero-order chi connectivity index (χ0) is 14.8. The van der Waals surface area contributed by atoms with Crippen molar-refractivity contribution in [3.8, 4) is 0 Å². The third kappa shape index (κ3) is 2.92. The van der Waals surface area contributed by atoms with Crippen LogP contribution in [0.3, 0.4) is 0 Å². The zero-order valence-electron chi connectivity index (χ0n) is 12.0. The minimum absolute atomic E-state index is 0.0611. The number of nitrogens with zero attached hydrogens (tertiary/aromatic N) is 4. The predicted octanol–water partition coefficient (Wildman–Crippen LogP) is 0.702. The van der Waals surface area contributed by atoms with Crippen molar-refractivity contribution in [3.63, 3.8) is 0 Å². The van der Waals surface area contributed by atoms with E-state index in [-0.39, 0.29) is 17.6 Å². The Hall–Kier alpha value is -2.28. The zero-order valence-corrected chi connectivity index (χ0v) is 12.0. The molecule has 0 saturated carbocycles. The fourth-order valence-electron chi connectivity index (χ4n) is 2.35. The van der Waals surface area contributed by atoms with Gasteiger partial charge in [-0.25, -0.2) is 4.68 Å². The molecule has 3 rings (SSSR count). The number of hydrogen-bond acceptors (Lipinski definition) is 6. The molecule has 1 aliphatic heterocycles. The normalized spacial score (nSPS) is 21.4. The van der Waals surface area contributed by atoms with E-state index in [0.29, 0.717) is 19.0 Å². The van der Waals surface area contributed by atoms with Crippen LogP contribution >= 0.6 is 0 Å². The van der Waals surface area contributed by atoms with Crippen molar-refractivity contribution in [3.05, 3.63) is 46.0 Å². The molecular weight excluding hydrogens is 270 g/mol. The van der Waals surface area contributed by atoms with Crippen molar-refractivity contribution in [2.75, 3.05) is 18.5 Å². The number of rotatable bonds is 3. The highest BCUT2D eigenvalue weighted by atomic mass is 16.5. The van der Waals surface area contributed by atoms with Crippen LogP contribution in [0.4, 0.5) is 5.82 Å². The molecule has 0 amide bonds. The lowest BCUT2D eigenvalue weighted by atomic mass is 10.1. The van der Waals surface area contributed by atoms with Crippen LogP contribution in [0, 0.1) is 13.8 Å². The van der Waals surface area contributed by atoms with E-state index in [1.54, 1.807) is 6.07 Å². The number of ether oxygens (including phenoxy) is 1. The fourth-order valence-corrected chi connectivity index (χ4v) is 2.35. The Labute approximate surface area is 122 Å². The molecule has 3 heterocycles. The summed E-state index contributed by atoms with van der Waals surface area (Å²) in [6, 6.07) is 6.78. The van der Waals surface area contributed by atoms with Crippen LogP contribution in [-0.4, -0.2) is 39.2 Å². The summed E-state index contributed by atoms with van der Waals surface area (Å²) in [7, 11) is 0. The van der Waals surface area contributed by atoms with Crippen molar-refractivity contribution in [2.45, 2.75) is 25.9 Å². The lowest BCUT2D eigenvalue weighted by molar-refractivity contribution is 0.182. The maximum absolute atomic E-state index is 12.0. The molecule has 0 bridgehead atoms. The molecule has 2 aromatic heterocycles. The average molecular weight is 287 g/mol. The van der Waals surface area contributed by atoms with Crippen molar-refractivity contribution in [2.24, 2.45) is 0 Å². The molecule has 21 heavy (non-hydrogen) atoms. The van der Waals surface area contributed by atoms with Crippen molar-refractivity contribution in [1.29, 1.82) is 0 Å². The van der Waals surface area contributed by atoms with Crippen molar-refractivity contribution < 1.29 is 4.74 Å². The largest absolute Gasteiger partial charge is 0.377 e. The molecule has 0 spiro atoms. The van der Waals surface area contributed by atoms with E-state index in [2.05, 4.69) is 20.6 Å². The van der Waals surface area contributed by atoms with Gasteiger partial charge >= 0.3 is 0 Å². The third-order valence-electron chi connectivity index (χ3n) is 3.45. The molecule has 2 aromatic rings. The van der Waals surface area contributed by atoms with Crippen molar-refractivity contribution >= 4 is 5.82 Å². The van der Waals surface area contributed by atoms with Gasteiger partial charge in [0.15, 0.2) is 0 Å². The molecule has 7 heteroatoms. The van der Waals surface area contributed by atoms with E-state index in [0.717, 1.165) is 11.4 Å². The first-order valence-corrected chi connectivity index (χ1v) is 6.84. The Morgan fingerprint density at radius 2 is 1.95 bits per heavy atom. The summed E-state index contributed by atoms with van der Waals surface area (Å²) in [5.74, 6) is 0.668. The topological polar surface area (TPSA) is 81.9 Å². The van der Waals surface area contributed by atoms with Gasteiger partial charge in [0.25, 0.3) is 5.56 Å². The number of anilines is 1. The maximum atomic E-state index is 12.0. The molecule has 110 valence electrons. The van der Waals surface area contributed by atoms with E-state index in [1.165, 1.54) is 10.7 Å². The molecule has 1 N–H and O–H groups in total. The Balaban J connectivity index is 1.83. The van der Waals surface area contributed by atoms with Gasteiger partial charge in [-0.05, 0) is 32.0 Å². The molecule has 7 nitrogen and oxygen atoms in total. The van der Waals surface area contributed by atoms with E-state index in [9.17, 15) is 4.79 Å². The van der Waals surface area contributed by atoms with Gasteiger partial charge in [0.1, 0.15) is 11.9 Å². The SMILES string of the molecule is Cc1ccc(NC2COCC2n2nc(C)ccc2=O)nn1. The van der Waals surface area contributed by atoms with Crippen LogP contribution in [0.25, 0.3) is 0 Å². The molecule has 0 aliphatic carbocycles. The predicted molar refractivity (Wildman–Crippen MR) is 77.3 cm³/mol. The minimum atomic E-state index is -0.152. The second kappa shape index (κ2) is 5.61. The van der Waals surface area contributed by atoms with Gasteiger partial charge in [-0.1, -0.05) is 0 Å². The van der Waals surface area contributed by atoms with Crippen LogP contribution in [-0.2, 0) is 4.74 Å². The summed E-state index contributed by atoms with van der Waals surface area (Å²) >= 11 is 0. The van der Waals surface area contributed by atoms with Gasteiger partial charge < -0.3 is 10.1 Å². The standard InChI is InChI=1S/C14H17N5O2/c1-9-3-5-13(17-16-9)15-11-7-21-8-12(11)19-14(20)6-4-10(2)18-19/h3-6,11-12H,7-8H2,1-2H3,(H,15,17). The quantitative estimate of drug-likeness (QED) is 0.895. The van der Waals surface area contributed by atoms with Gasteiger partial charge in [-0.2, -0.15) is 10.2 Å². The first kappa shape index (κ1) is 13.7. The highest BCUT2D eigenvalue weighted by Crippen LogP contribution is 2.20. The van der Waals surface area contributed by atoms with Gasteiger partial charge in [0, 0.05) is 6.07 Å². The summed E-state index contributed by atoms with van der Waals surface area (Å²) in [6.07, 6.45) is 0. The lowest BCUT2D eigenvalue weighted by Gasteiger charge is -2.20. The molecule has 2 atom stereocenters. The molecule has 0 radical (unpaired) electrons. The first-order chi connectivity index (χ1) is 10.1. The van der Waals surface area contributed by atoms with E-state index < -0.39 is 0 Å². The molecule has 1 fully saturated rings. The second-order valence-corrected chi connectivity index (χ2v) is 5.17. The number of nitrogens with one attached hydrogen (secondary N) is 1. The lowest BCUT2D eigenvalue weighted by Crippen LogP contribution is -2.37. The Morgan fingerprint density at radius 1 is 1.14 bits per heavy atom. The summed E-state index contributed by atoms with van der Waals surface area (Å²) in [5, 5.41) is 15.7. The third-order valence-corrected chi connectivity index (χ3v) is 3.45. The molecule has 1 saturated heterocycles. The average Bonchev–Trinajstić information content (AvgIpc) is 2.92. The minimum Gasteiger partial charge on any atom is -0.377 e. The summed E-state index contributed by atoms with van der Waals surface area (Å²) < 4.78 is 6.99. The van der Waals surface area contributed by atoms with Gasteiger partial charge in [0.05, 0.1) is 30.6 Å². The summed E-state index contributed by atoms with van der Waals surface area (Å²) in [5.41, 5.74) is 1.53. The van der Waals surface area contributed by atoms with E-state index in [4.69, 9.17) is 4.74 Å². The van der Waals surface area contributed by atoms with Crippen LogP contribution < -0.4 is 10.9 Å². The van der Waals surface area contributed by atoms with Gasteiger partial charge in [-0.3, -0.25) is 4.79 Å². The fraction of sp³-hybridized carbons (Fsp3) is 0.429. The van der Waals surface area contributed by atoms with Crippen molar-refractivity contribution in [1.82, 2.24) is 20.0 Å². The number of aromatic nitrogens is 4. The van der Waals surface area contributed by atoms with Crippen LogP contribution in [0.2, 0.25) is 0 Å². The number of hydrogen-bond donors (Lipinski definition) is 1. The van der Waals surface area contributed by atoms with E-state index >= 15 is 0 Å². The Kier molecular flexibility index (Phi) is 3.66. The Bertz CT molecular complexity index is 683. The van der Waals surface area contributed by atoms with Crippen LogP contribution in [0.15, 0.2) is 29.1 Å². The summed E-state index contributed by atoms with van der Waals surface area (Å²) in [4.78, 5) is 12.0. The highest BCUT2D eigenvalue weighted by Gasteiger charge is 2.31. The second-order valence-electron chi connectivity index (χ2n) is 5.17.